The fraction of sp³-hybridized carbons (Fsp3) is 0.333. The fourth-order valence-electron chi connectivity index (χ4n) is 4.99. The highest BCUT2D eigenvalue weighted by Crippen LogP contribution is 2.46. The highest BCUT2D eigenvalue weighted by molar-refractivity contribution is 9.10. The number of halogens is 1. The maximum absolute atomic E-state index is 13.4. The first-order valence-electron chi connectivity index (χ1n) is 10.3. The van der Waals surface area contributed by atoms with Gasteiger partial charge in [0.2, 0.25) is 5.91 Å². The molecular weight excluding hydrogens is 442 g/mol. The largest absolute Gasteiger partial charge is 0.350 e. The van der Waals surface area contributed by atoms with E-state index in [1.54, 1.807) is 0 Å². The van der Waals surface area contributed by atoms with Crippen molar-refractivity contribution in [2.45, 2.75) is 39.0 Å². The molecule has 0 radical (unpaired) electrons. The highest BCUT2D eigenvalue weighted by Gasteiger charge is 2.49. The monoisotopic (exact) mass is 465 g/mol. The van der Waals surface area contributed by atoms with Crippen molar-refractivity contribution in [3.05, 3.63) is 62.8 Å². The van der Waals surface area contributed by atoms with Crippen LogP contribution >= 0.6 is 15.9 Å². The van der Waals surface area contributed by atoms with E-state index in [0.717, 1.165) is 32.2 Å². The zero-order chi connectivity index (χ0) is 21.2. The van der Waals surface area contributed by atoms with E-state index in [-0.39, 0.29) is 11.8 Å². The second-order valence-corrected chi connectivity index (χ2v) is 9.49. The molecule has 3 aromatic rings. The summed E-state index contributed by atoms with van der Waals surface area (Å²) in [4.78, 5) is 31.5. The SMILES string of the molecule is Cc1ccc2c(C)c(C(=O)N3CCC4(CC3)C(=O)Nc3ccc(Br)cc34)[nH]c2c1C. The number of likely N-dealkylation sites (tertiary alicyclic amines) is 1. The van der Waals surface area contributed by atoms with Crippen molar-refractivity contribution in [1.29, 1.82) is 0 Å². The van der Waals surface area contributed by atoms with Crippen LogP contribution in [-0.4, -0.2) is 34.8 Å². The third-order valence-corrected chi connectivity index (χ3v) is 7.56. The van der Waals surface area contributed by atoms with E-state index >= 15 is 0 Å². The van der Waals surface area contributed by atoms with Gasteiger partial charge in [-0.15, -0.1) is 0 Å². The molecule has 2 aliphatic heterocycles. The Bertz CT molecular complexity index is 1220. The van der Waals surface area contributed by atoms with E-state index in [1.807, 2.05) is 30.0 Å². The molecule has 5 nitrogen and oxygen atoms in total. The minimum Gasteiger partial charge on any atom is -0.350 e. The van der Waals surface area contributed by atoms with Gasteiger partial charge in [-0.05, 0) is 74.1 Å². The standard InChI is InChI=1S/C24H24BrN3O2/c1-13-4-6-17-15(3)21(27-20(17)14(13)2)22(29)28-10-8-24(9-11-28)18-12-16(25)5-7-19(18)26-23(24)30/h4-7,12,27H,8-11H2,1-3H3,(H,26,30). The van der Waals surface area contributed by atoms with Gasteiger partial charge in [0.05, 0.1) is 5.41 Å². The number of aryl methyl sites for hydroxylation is 3. The van der Waals surface area contributed by atoms with Crippen molar-refractivity contribution in [2.24, 2.45) is 0 Å². The molecule has 5 rings (SSSR count). The Morgan fingerprint density at radius 1 is 1.07 bits per heavy atom. The van der Waals surface area contributed by atoms with Crippen LogP contribution in [-0.2, 0) is 10.2 Å². The molecule has 6 heteroatoms. The number of nitrogens with one attached hydrogen (secondary N) is 2. The summed E-state index contributed by atoms with van der Waals surface area (Å²) in [6.45, 7) is 7.29. The van der Waals surface area contributed by atoms with Crippen LogP contribution in [0, 0.1) is 20.8 Å². The lowest BCUT2D eigenvalue weighted by molar-refractivity contribution is -0.122. The molecule has 0 saturated carbocycles. The minimum absolute atomic E-state index is 0.0171. The fourth-order valence-corrected chi connectivity index (χ4v) is 5.35. The zero-order valence-electron chi connectivity index (χ0n) is 17.4. The predicted octanol–water partition coefficient (Wildman–Crippen LogP) is 4.98. The van der Waals surface area contributed by atoms with E-state index in [2.05, 4.69) is 52.2 Å². The van der Waals surface area contributed by atoms with E-state index < -0.39 is 5.41 Å². The first kappa shape index (κ1) is 19.4. The molecular formula is C24H24BrN3O2. The number of aromatic nitrogens is 1. The molecule has 2 aromatic carbocycles. The van der Waals surface area contributed by atoms with Gasteiger partial charge >= 0.3 is 0 Å². The molecule has 3 heterocycles. The van der Waals surface area contributed by atoms with Gasteiger partial charge in [-0.25, -0.2) is 0 Å². The van der Waals surface area contributed by atoms with Crippen LogP contribution in [0.2, 0.25) is 0 Å². The Morgan fingerprint density at radius 3 is 2.53 bits per heavy atom. The number of carbonyl (C=O) groups is 2. The summed E-state index contributed by atoms with van der Waals surface area (Å²) >= 11 is 3.53. The summed E-state index contributed by atoms with van der Waals surface area (Å²) in [5.41, 5.74) is 6.47. The molecule has 154 valence electrons. The van der Waals surface area contributed by atoms with Crippen molar-refractivity contribution in [1.82, 2.24) is 9.88 Å². The molecule has 0 unspecified atom stereocenters. The summed E-state index contributed by atoms with van der Waals surface area (Å²) in [7, 11) is 0. The number of fused-ring (bicyclic) bond motifs is 3. The van der Waals surface area contributed by atoms with Crippen LogP contribution in [0.5, 0.6) is 0 Å². The number of amides is 2. The van der Waals surface area contributed by atoms with Crippen molar-refractivity contribution in [2.75, 3.05) is 18.4 Å². The van der Waals surface area contributed by atoms with Crippen molar-refractivity contribution in [3.8, 4) is 0 Å². The summed E-state index contributed by atoms with van der Waals surface area (Å²) in [5, 5.41) is 4.13. The van der Waals surface area contributed by atoms with E-state index in [1.165, 1.54) is 11.1 Å². The second-order valence-electron chi connectivity index (χ2n) is 8.57. The minimum atomic E-state index is -0.543. The average Bonchev–Trinajstić information content (AvgIpc) is 3.20. The van der Waals surface area contributed by atoms with Crippen LogP contribution in [0.25, 0.3) is 10.9 Å². The Balaban J connectivity index is 1.43. The molecule has 1 spiro atoms. The van der Waals surface area contributed by atoms with Crippen LogP contribution in [0.15, 0.2) is 34.8 Å². The van der Waals surface area contributed by atoms with Crippen LogP contribution in [0.3, 0.4) is 0 Å². The van der Waals surface area contributed by atoms with E-state index in [4.69, 9.17) is 0 Å². The molecule has 0 atom stereocenters. The Labute approximate surface area is 184 Å². The smallest absolute Gasteiger partial charge is 0.270 e. The molecule has 1 saturated heterocycles. The number of benzene rings is 2. The third-order valence-electron chi connectivity index (χ3n) is 7.06. The maximum atomic E-state index is 13.4. The van der Waals surface area contributed by atoms with Gasteiger partial charge in [0, 0.05) is 34.2 Å². The first-order valence-corrected chi connectivity index (χ1v) is 11.1. The number of aromatic amines is 1. The average molecular weight is 466 g/mol. The second kappa shape index (κ2) is 6.71. The van der Waals surface area contributed by atoms with Crippen LogP contribution in [0.1, 0.15) is 45.6 Å². The molecule has 2 N–H and O–H groups in total. The lowest BCUT2D eigenvalue weighted by atomic mass is 9.73. The van der Waals surface area contributed by atoms with Crippen molar-refractivity contribution >= 4 is 44.3 Å². The van der Waals surface area contributed by atoms with Gasteiger partial charge in [-0.1, -0.05) is 28.1 Å². The molecule has 30 heavy (non-hydrogen) atoms. The molecule has 1 aromatic heterocycles. The summed E-state index contributed by atoms with van der Waals surface area (Å²) in [6, 6.07) is 10.1. The number of H-pyrrole nitrogens is 1. The summed E-state index contributed by atoms with van der Waals surface area (Å²) < 4.78 is 0.968. The first-order chi connectivity index (χ1) is 14.3. The predicted molar refractivity (Wildman–Crippen MR) is 122 cm³/mol. The maximum Gasteiger partial charge on any atom is 0.270 e. The number of piperidine rings is 1. The zero-order valence-corrected chi connectivity index (χ0v) is 18.9. The van der Waals surface area contributed by atoms with Crippen LogP contribution < -0.4 is 5.32 Å². The third kappa shape index (κ3) is 2.66. The lowest BCUT2D eigenvalue weighted by Crippen LogP contribution is -2.48. The lowest BCUT2D eigenvalue weighted by Gasteiger charge is -2.38. The van der Waals surface area contributed by atoms with E-state index in [9.17, 15) is 9.59 Å². The summed E-state index contributed by atoms with van der Waals surface area (Å²) in [5.74, 6) is 0.0686. The molecule has 1 fully saturated rings. The number of anilines is 1. The van der Waals surface area contributed by atoms with Gasteiger partial charge in [-0.2, -0.15) is 0 Å². The quantitative estimate of drug-likeness (QED) is 0.531. The van der Waals surface area contributed by atoms with Crippen molar-refractivity contribution < 1.29 is 9.59 Å². The molecule has 2 amide bonds. The normalized spacial score (nSPS) is 17.5. The Morgan fingerprint density at radius 2 is 1.80 bits per heavy atom. The number of hydrogen-bond donors (Lipinski definition) is 2. The molecule has 0 aliphatic carbocycles. The van der Waals surface area contributed by atoms with Gasteiger partial charge in [0.25, 0.3) is 5.91 Å². The number of rotatable bonds is 1. The Hall–Kier alpha value is -2.60. The number of hydrogen-bond acceptors (Lipinski definition) is 2. The molecule has 2 aliphatic rings. The molecule has 0 bridgehead atoms. The van der Waals surface area contributed by atoms with Gasteiger partial charge in [0.15, 0.2) is 0 Å². The summed E-state index contributed by atoms with van der Waals surface area (Å²) in [6.07, 6.45) is 1.26. The van der Waals surface area contributed by atoms with Crippen LogP contribution in [0.4, 0.5) is 5.69 Å². The topological polar surface area (TPSA) is 65.2 Å². The van der Waals surface area contributed by atoms with Gasteiger partial charge in [0.1, 0.15) is 5.69 Å². The number of carbonyl (C=O) groups excluding carboxylic acids is 2. The van der Waals surface area contributed by atoms with Gasteiger partial charge < -0.3 is 15.2 Å². The highest BCUT2D eigenvalue weighted by atomic mass is 79.9. The van der Waals surface area contributed by atoms with E-state index in [0.29, 0.717) is 31.6 Å². The van der Waals surface area contributed by atoms with Gasteiger partial charge in [-0.3, -0.25) is 9.59 Å². The number of nitrogens with zero attached hydrogens (tertiary/aromatic N) is 1. The Kier molecular flexibility index (Phi) is 4.33. The van der Waals surface area contributed by atoms with Crippen molar-refractivity contribution in [3.63, 3.8) is 0 Å².